The number of nitrogens with two attached hydrogens (primary N) is 1. The summed E-state index contributed by atoms with van der Waals surface area (Å²) in [4.78, 5) is 0. The van der Waals surface area contributed by atoms with E-state index in [2.05, 4.69) is 6.92 Å². The maximum atomic E-state index is 6.78. The van der Waals surface area contributed by atoms with Crippen LogP contribution in [0.4, 0.5) is 0 Å². The summed E-state index contributed by atoms with van der Waals surface area (Å²) < 4.78 is 12.2. The fourth-order valence-electron chi connectivity index (χ4n) is 4.59. The van der Waals surface area contributed by atoms with Gasteiger partial charge < -0.3 is 15.2 Å². The number of thioether (sulfide) groups is 1. The fraction of sp³-hybridized carbons (Fsp3) is 1.00. The molecule has 0 radical (unpaired) electrons. The Bertz CT molecular complexity index is 349. The van der Waals surface area contributed by atoms with Crippen molar-refractivity contribution in [1.29, 1.82) is 0 Å². The molecule has 3 aliphatic rings. The molecule has 0 amide bonds. The van der Waals surface area contributed by atoms with E-state index < -0.39 is 0 Å². The maximum Gasteiger partial charge on any atom is 0.0831 e. The highest BCUT2D eigenvalue weighted by atomic mass is 32.2. The van der Waals surface area contributed by atoms with E-state index in [4.69, 9.17) is 15.2 Å². The molecular formula is C17H31NO2S. The molecule has 0 aromatic heterocycles. The van der Waals surface area contributed by atoms with Gasteiger partial charge in [-0.2, -0.15) is 11.8 Å². The zero-order valence-corrected chi connectivity index (χ0v) is 14.4. The molecule has 3 fully saturated rings. The van der Waals surface area contributed by atoms with Crippen LogP contribution in [-0.4, -0.2) is 42.5 Å². The van der Waals surface area contributed by atoms with Gasteiger partial charge in [-0.15, -0.1) is 0 Å². The zero-order valence-electron chi connectivity index (χ0n) is 13.6. The summed E-state index contributed by atoms with van der Waals surface area (Å²) in [5, 5.41) is 0. The Kier molecular flexibility index (Phi) is 4.90. The molecule has 2 N–H and O–H groups in total. The van der Waals surface area contributed by atoms with Crippen molar-refractivity contribution in [3.63, 3.8) is 0 Å². The summed E-state index contributed by atoms with van der Waals surface area (Å²) in [6, 6.07) is 0.168. The van der Waals surface area contributed by atoms with Crippen LogP contribution in [0.3, 0.4) is 0 Å². The zero-order chi connectivity index (χ0) is 14.9. The molecule has 0 aromatic carbocycles. The van der Waals surface area contributed by atoms with Crippen molar-refractivity contribution in [1.82, 2.24) is 0 Å². The van der Waals surface area contributed by atoms with Gasteiger partial charge in [0.2, 0.25) is 0 Å². The molecule has 3 nitrogen and oxygen atoms in total. The lowest BCUT2D eigenvalue weighted by Crippen LogP contribution is -2.58. The maximum absolute atomic E-state index is 6.78. The van der Waals surface area contributed by atoms with Crippen LogP contribution in [0.1, 0.15) is 51.9 Å². The third-order valence-electron chi connectivity index (χ3n) is 6.24. The van der Waals surface area contributed by atoms with Crippen LogP contribution < -0.4 is 5.73 Å². The van der Waals surface area contributed by atoms with Crippen LogP contribution >= 0.6 is 11.8 Å². The van der Waals surface area contributed by atoms with Gasteiger partial charge in [-0.05, 0) is 62.5 Å². The van der Waals surface area contributed by atoms with Crippen molar-refractivity contribution in [2.75, 3.05) is 25.2 Å². The summed E-state index contributed by atoms with van der Waals surface area (Å²) >= 11 is 2.04. The average molecular weight is 314 g/mol. The molecule has 1 spiro atoms. The van der Waals surface area contributed by atoms with Crippen molar-refractivity contribution < 1.29 is 9.47 Å². The van der Waals surface area contributed by atoms with E-state index in [0.29, 0.717) is 5.92 Å². The van der Waals surface area contributed by atoms with Gasteiger partial charge >= 0.3 is 0 Å². The summed E-state index contributed by atoms with van der Waals surface area (Å²) in [5.41, 5.74) is 6.82. The Morgan fingerprint density at radius 3 is 2.62 bits per heavy atom. The third kappa shape index (κ3) is 3.15. The van der Waals surface area contributed by atoms with Gasteiger partial charge in [0, 0.05) is 25.5 Å². The van der Waals surface area contributed by atoms with E-state index in [1.54, 1.807) is 0 Å². The smallest absolute Gasteiger partial charge is 0.0831 e. The van der Waals surface area contributed by atoms with Crippen molar-refractivity contribution in [2.24, 2.45) is 17.6 Å². The van der Waals surface area contributed by atoms with E-state index >= 15 is 0 Å². The van der Waals surface area contributed by atoms with Gasteiger partial charge in [0.05, 0.1) is 11.2 Å². The fourth-order valence-corrected chi connectivity index (χ4v) is 5.97. The molecule has 2 saturated heterocycles. The highest BCUT2D eigenvalue weighted by Gasteiger charge is 2.48. The van der Waals surface area contributed by atoms with Gasteiger partial charge in [0.15, 0.2) is 0 Å². The van der Waals surface area contributed by atoms with Gasteiger partial charge in [-0.1, -0.05) is 6.92 Å². The Labute approximate surface area is 133 Å². The monoisotopic (exact) mass is 313 g/mol. The van der Waals surface area contributed by atoms with Crippen LogP contribution in [0, 0.1) is 11.8 Å². The number of hydrogen-bond acceptors (Lipinski definition) is 4. The Balaban J connectivity index is 1.69. The van der Waals surface area contributed by atoms with E-state index in [9.17, 15) is 0 Å². The third-order valence-corrected chi connectivity index (χ3v) is 7.46. The number of methoxy groups -OCH3 is 1. The lowest BCUT2D eigenvalue weighted by molar-refractivity contribution is -0.121. The first-order valence-corrected chi connectivity index (χ1v) is 9.77. The standard InChI is InChI=1S/C17H31NO2S/c1-13-3-6-17(19-2,7-4-13)15(18)14-5-9-20-16(11-14)8-10-21-12-16/h13-15H,3-12,18H2,1-2H3. The quantitative estimate of drug-likeness (QED) is 0.869. The largest absolute Gasteiger partial charge is 0.377 e. The van der Waals surface area contributed by atoms with Crippen molar-refractivity contribution in [3.8, 4) is 0 Å². The van der Waals surface area contributed by atoms with Crippen molar-refractivity contribution in [2.45, 2.75) is 69.1 Å². The van der Waals surface area contributed by atoms with Crippen LogP contribution in [0.5, 0.6) is 0 Å². The number of hydrogen-bond donors (Lipinski definition) is 1. The molecule has 122 valence electrons. The van der Waals surface area contributed by atoms with Crippen molar-refractivity contribution in [3.05, 3.63) is 0 Å². The van der Waals surface area contributed by atoms with E-state index in [0.717, 1.165) is 44.0 Å². The lowest BCUT2D eigenvalue weighted by Gasteiger charge is -2.48. The summed E-state index contributed by atoms with van der Waals surface area (Å²) in [6.45, 7) is 3.24. The van der Waals surface area contributed by atoms with Gasteiger partial charge in [-0.25, -0.2) is 0 Å². The van der Waals surface area contributed by atoms with Gasteiger partial charge in [0.25, 0.3) is 0 Å². The topological polar surface area (TPSA) is 44.5 Å². The molecular weight excluding hydrogens is 282 g/mol. The molecule has 21 heavy (non-hydrogen) atoms. The van der Waals surface area contributed by atoms with Crippen LogP contribution in [0.15, 0.2) is 0 Å². The summed E-state index contributed by atoms with van der Waals surface area (Å²) in [5.74, 6) is 3.79. The highest BCUT2D eigenvalue weighted by molar-refractivity contribution is 7.99. The predicted octanol–water partition coefficient (Wildman–Crippen LogP) is 3.21. The SMILES string of the molecule is COC1(C(N)C2CCOC3(CCSC3)C2)CCC(C)CC1. The van der Waals surface area contributed by atoms with Crippen LogP contribution in [0.2, 0.25) is 0 Å². The molecule has 2 aliphatic heterocycles. The molecule has 2 heterocycles. The van der Waals surface area contributed by atoms with E-state index in [1.807, 2.05) is 18.9 Å². The molecule has 0 aromatic rings. The molecule has 3 rings (SSSR count). The molecule has 4 heteroatoms. The van der Waals surface area contributed by atoms with E-state index in [-0.39, 0.29) is 17.2 Å². The Hall–Kier alpha value is 0.230. The predicted molar refractivity (Wildman–Crippen MR) is 88.7 cm³/mol. The first kappa shape index (κ1) is 16.1. The second kappa shape index (κ2) is 6.38. The number of ether oxygens (including phenoxy) is 2. The van der Waals surface area contributed by atoms with E-state index in [1.165, 1.54) is 25.0 Å². The Morgan fingerprint density at radius 1 is 1.24 bits per heavy atom. The van der Waals surface area contributed by atoms with Crippen LogP contribution in [0.25, 0.3) is 0 Å². The Morgan fingerprint density at radius 2 is 2.00 bits per heavy atom. The molecule has 1 aliphatic carbocycles. The number of rotatable bonds is 3. The summed E-state index contributed by atoms with van der Waals surface area (Å²) in [6.07, 6.45) is 8.22. The van der Waals surface area contributed by atoms with Gasteiger partial charge in [0.1, 0.15) is 0 Å². The van der Waals surface area contributed by atoms with Crippen LogP contribution in [-0.2, 0) is 9.47 Å². The normalized spacial score (nSPS) is 45.9. The first-order chi connectivity index (χ1) is 10.1. The second-order valence-electron chi connectivity index (χ2n) is 7.56. The van der Waals surface area contributed by atoms with Crippen molar-refractivity contribution >= 4 is 11.8 Å². The average Bonchev–Trinajstić information content (AvgIpc) is 2.95. The first-order valence-electron chi connectivity index (χ1n) is 8.62. The minimum atomic E-state index is -0.0819. The molecule has 3 unspecified atom stereocenters. The minimum Gasteiger partial charge on any atom is -0.377 e. The second-order valence-corrected chi connectivity index (χ2v) is 8.67. The lowest BCUT2D eigenvalue weighted by atomic mass is 9.69. The molecule has 3 atom stereocenters. The highest BCUT2D eigenvalue weighted by Crippen LogP contribution is 2.45. The van der Waals surface area contributed by atoms with Gasteiger partial charge in [-0.3, -0.25) is 0 Å². The summed E-state index contributed by atoms with van der Waals surface area (Å²) in [7, 11) is 1.87. The molecule has 1 saturated carbocycles. The molecule has 0 bridgehead atoms. The minimum absolute atomic E-state index is 0.0819.